The largest absolute Gasteiger partial charge is 0.393 e. The van der Waals surface area contributed by atoms with Gasteiger partial charge in [0.25, 0.3) is 5.91 Å². The van der Waals surface area contributed by atoms with E-state index >= 15 is 0 Å². The van der Waals surface area contributed by atoms with Gasteiger partial charge in [0.15, 0.2) is 0 Å². The fraction of sp³-hybridized carbons (Fsp3) is 0. The lowest BCUT2D eigenvalue weighted by atomic mass is 10.1. The van der Waals surface area contributed by atoms with E-state index in [-0.39, 0.29) is 11.3 Å². The Morgan fingerprint density at radius 2 is 2.05 bits per heavy atom. The second-order valence-electron chi connectivity index (χ2n) is 4.08. The highest BCUT2D eigenvalue weighted by molar-refractivity contribution is 9.10. The summed E-state index contributed by atoms with van der Waals surface area (Å²) in [5.41, 5.74) is 5.27. The molecule has 6 nitrogen and oxygen atoms in total. The monoisotopic (exact) mass is 369 g/mol. The maximum absolute atomic E-state index is 12.2. The van der Waals surface area contributed by atoms with E-state index in [4.69, 9.17) is 17.3 Å². The minimum absolute atomic E-state index is 0.0745. The van der Waals surface area contributed by atoms with Crippen molar-refractivity contribution in [3.05, 3.63) is 61.6 Å². The van der Waals surface area contributed by atoms with Crippen LogP contribution in [0.2, 0.25) is 5.02 Å². The van der Waals surface area contributed by atoms with E-state index in [9.17, 15) is 14.9 Å². The van der Waals surface area contributed by atoms with E-state index in [0.29, 0.717) is 10.7 Å². The van der Waals surface area contributed by atoms with Crippen LogP contribution in [0.3, 0.4) is 0 Å². The van der Waals surface area contributed by atoms with Crippen molar-refractivity contribution in [2.45, 2.75) is 0 Å². The fourth-order valence-electron chi connectivity index (χ4n) is 1.73. The third-order valence-corrected chi connectivity index (χ3v) is 3.48. The van der Waals surface area contributed by atoms with E-state index in [1.807, 2.05) is 0 Å². The second kappa shape index (κ2) is 6.11. The minimum Gasteiger partial charge on any atom is -0.393 e. The number of amides is 1. The first-order chi connectivity index (χ1) is 9.90. The number of nitro groups is 1. The SMILES string of the molecule is Nc1cccc(C(=O)Nc2ccc(Br)cc2Cl)c1[N+](=O)[O-]. The van der Waals surface area contributed by atoms with E-state index in [2.05, 4.69) is 21.2 Å². The van der Waals surface area contributed by atoms with Gasteiger partial charge in [-0.05, 0) is 30.3 Å². The Hall–Kier alpha value is -2.12. The van der Waals surface area contributed by atoms with Crippen molar-refractivity contribution in [2.75, 3.05) is 11.1 Å². The highest BCUT2D eigenvalue weighted by atomic mass is 79.9. The molecular formula is C13H9BrClN3O3. The molecule has 1 amide bonds. The van der Waals surface area contributed by atoms with Gasteiger partial charge in [0.2, 0.25) is 0 Å². The number of nitrogens with zero attached hydrogens (tertiary/aromatic N) is 1. The molecule has 0 aliphatic rings. The van der Waals surface area contributed by atoms with Crippen LogP contribution in [-0.2, 0) is 0 Å². The lowest BCUT2D eigenvalue weighted by Gasteiger charge is -2.08. The van der Waals surface area contributed by atoms with Gasteiger partial charge in [-0.2, -0.15) is 0 Å². The van der Waals surface area contributed by atoms with Gasteiger partial charge in [-0.1, -0.05) is 33.6 Å². The van der Waals surface area contributed by atoms with Gasteiger partial charge in [0.05, 0.1) is 15.6 Å². The van der Waals surface area contributed by atoms with Crippen molar-refractivity contribution in [1.29, 1.82) is 0 Å². The number of hydrogen-bond donors (Lipinski definition) is 2. The molecule has 0 saturated carbocycles. The Morgan fingerprint density at radius 3 is 2.67 bits per heavy atom. The number of nitrogens with one attached hydrogen (secondary N) is 1. The van der Waals surface area contributed by atoms with E-state index in [1.165, 1.54) is 18.2 Å². The number of hydrogen-bond acceptors (Lipinski definition) is 4. The van der Waals surface area contributed by atoms with Crippen LogP contribution in [0, 0.1) is 10.1 Å². The van der Waals surface area contributed by atoms with Gasteiger partial charge in [0, 0.05) is 4.47 Å². The molecule has 2 aromatic carbocycles. The summed E-state index contributed by atoms with van der Waals surface area (Å²) < 4.78 is 0.750. The number of nitrogens with two attached hydrogens (primary N) is 1. The van der Waals surface area contributed by atoms with Gasteiger partial charge in [-0.15, -0.1) is 0 Å². The summed E-state index contributed by atoms with van der Waals surface area (Å²) >= 11 is 9.24. The molecule has 0 heterocycles. The molecule has 0 radical (unpaired) electrons. The molecule has 0 fully saturated rings. The van der Waals surface area contributed by atoms with Crippen LogP contribution in [0.25, 0.3) is 0 Å². The number of para-hydroxylation sites is 1. The third-order valence-electron chi connectivity index (χ3n) is 2.67. The number of rotatable bonds is 3. The summed E-state index contributed by atoms with van der Waals surface area (Å²) in [6, 6.07) is 9.04. The maximum Gasteiger partial charge on any atom is 0.304 e. The zero-order valence-electron chi connectivity index (χ0n) is 10.5. The molecule has 0 aliphatic heterocycles. The normalized spacial score (nSPS) is 10.2. The number of nitro benzene ring substituents is 1. The lowest BCUT2D eigenvalue weighted by Crippen LogP contribution is -2.15. The summed E-state index contributed by atoms with van der Waals surface area (Å²) in [6.07, 6.45) is 0. The predicted octanol–water partition coefficient (Wildman–Crippen LogP) is 3.85. The zero-order chi connectivity index (χ0) is 15.6. The van der Waals surface area contributed by atoms with Gasteiger partial charge < -0.3 is 11.1 Å². The van der Waals surface area contributed by atoms with Crippen LogP contribution < -0.4 is 11.1 Å². The van der Waals surface area contributed by atoms with Gasteiger partial charge in [0.1, 0.15) is 11.3 Å². The van der Waals surface area contributed by atoms with Gasteiger partial charge >= 0.3 is 5.69 Å². The van der Waals surface area contributed by atoms with Crippen LogP contribution in [0.15, 0.2) is 40.9 Å². The molecule has 0 spiro atoms. The van der Waals surface area contributed by atoms with Crippen molar-refractivity contribution in [3.8, 4) is 0 Å². The first-order valence-electron chi connectivity index (χ1n) is 5.69. The number of carbonyl (C=O) groups excluding carboxylic acids is 1. The van der Waals surface area contributed by atoms with E-state index < -0.39 is 16.5 Å². The standard InChI is InChI=1S/C13H9BrClN3O3/c14-7-4-5-11(9(15)6-7)17-13(19)8-2-1-3-10(16)12(8)18(20)21/h1-6H,16H2,(H,17,19). The maximum atomic E-state index is 12.2. The van der Waals surface area contributed by atoms with Crippen LogP contribution in [-0.4, -0.2) is 10.8 Å². The first kappa shape index (κ1) is 15.3. The smallest absolute Gasteiger partial charge is 0.304 e. The molecule has 0 unspecified atom stereocenters. The van der Waals surface area contributed by atoms with Crippen LogP contribution in [0.4, 0.5) is 17.1 Å². The summed E-state index contributed by atoms with van der Waals surface area (Å²) in [6.45, 7) is 0. The molecule has 2 aromatic rings. The Morgan fingerprint density at radius 1 is 1.33 bits per heavy atom. The third kappa shape index (κ3) is 3.32. The van der Waals surface area contributed by atoms with E-state index in [1.54, 1.807) is 18.2 Å². The van der Waals surface area contributed by atoms with Crippen molar-refractivity contribution < 1.29 is 9.72 Å². The molecule has 0 atom stereocenters. The first-order valence-corrected chi connectivity index (χ1v) is 6.86. The average Bonchev–Trinajstić information content (AvgIpc) is 2.41. The molecule has 2 rings (SSSR count). The molecule has 0 aliphatic carbocycles. The molecular weight excluding hydrogens is 362 g/mol. The van der Waals surface area contributed by atoms with Crippen molar-refractivity contribution in [3.63, 3.8) is 0 Å². The lowest BCUT2D eigenvalue weighted by molar-refractivity contribution is -0.384. The molecule has 0 bridgehead atoms. The number of nitrogen functional groups attached to an aromatic ring is 1. The summed E-state index contributed by atoms with van der Waals surface area (Å²) in [7, 11) is 0. The molecule has 3 N–H and O–H groups in total. The molecule has 8 heteroatoms. The predicted molar refractivity (Wildman–Crippen MR) is 84.6 cm³/mol. The molecule has 108 valence electrons. The zero-order valence-corrected chi connectivity index (χ0v) is 12.8. The number of benzene rings is 2. The number of halogens is 2. The van der Waals surface area contributed by atoms with Crippen LogP contribution in [0.5, 0.6) is 0 Å². The Kier molecular flexibility index (Phi) is 4.44. The van der Waals surface area contributed by atoms with Crippen molar-refractivity contribution in [2.24, 2.45) is 0 Å². The quantitative estimate of drug-likeness (QED) is 0.487. The minimum atomic E-state index is -0.687. The summed E-state index contributed by atoms with van der Waals surface area (Å²) in [5.74, 6) is -0.654. The fourth-order valence-corrected chi connectivity index (χ4v) is 2.45. The average molecular weight is 371 g/mol. The summed E-state index contributed by atoms with van der Waals surface area (Å²) in [4.78, 5) is 22.5. The molecule has 0 saturated heterocycles. The van der Waals surface area contributed by atoms with Crippen LogP contribution >= 0.6 is 27.5 Å². The number of anilines is 2. The van der Waals surface area contributed by atoms with Crippen molar-refractivity contribution in [1.82, 2.24) is 0 Å². The molecule has 0 aromatic heterocycles. The Labute approximate surface area is 133 Å². The second-order valence-corrected chi connectivity index (χ2v) is 5.40. The van der Waals surface area contributed by atoms with Crippen molar-refractivity contribution >= 4 is 50.5 Å². The molecule has 21 heavy (non-hydrogen) atoms. The summed E-state index contributed by atoms with van der Waals surface area (Å²) in [5, 5.41) is 13.9. The number of carbonyl (C=O) groups is 1. The van der Waals surface area contributed by atoms with E-state index in [0.717, 1.165) is 4.47 Å². The van der Waals surface area contributed by atoms with Gasteiger partial charge in [-0.3, -0.25) is 14.9 Å². The topological polar surface area (TPSA) is 98.3 Å². The van der Waals surface area contributed by atoms with Gasteiger partial charge in [-0.25, -0.2) is 0 Å². The van der Waals surface area contributed by atoms with Crippen LogP contribution in [0.1, 0.15) is 10.4 Å². The Bertz CT molecular complexity index is 737. The highest BCUT2D eigenvalue weighted by Crippen LogP contribution is 2.29. The Balaban J connectivity index is 2.37. The highest BCUT2D eigenvalue weighted by Gasteiger charge is 2.23.